The molecular weight excluding hydrogens is 388 g/mol. The predicted molar refractivity (Wildman–Crippen MR) is 87.3 cm³/mol. The molecule has 2 atom stereocenters. The van der Waals surface area contributed by atoms with Gasteiger partial charge >= 0.3 is 5.97 Å². The van der Waals surface area contributed by atoms with Crippen LogP contribution in [0.3, 0.4) is 0 Å². The maximum Gasteiger partial charge on any atom is 0.340 e. The summed E-state index contributed by atoms with van der Waals surface area (Å²) < 4.78 is 6.56. The molecule has 0 aromatic heterocycles. The third kappa shape index (κ3) is 3.35. The summed E-state index contributed by atoms with van der Waals surface area (Å²) in [6.07, 6.45) is 1.06. The fourth-order valence-electron chi connectivity index (χ4n) is 2.49. The number of benzene rings is 1. The van der Waals surface area contributed by atoms with Crippen LogP contribution in [0.1, 0.15) is 23.7 Å². The third-order valence-corrected chi connectivity index (χ3v) is 4.78. The molecule has 2 rings (SSSR count). The van der Waals surface area contributed by atoms with Gasteiger partial charge in [0.1, 0.15) is 0 Å². The molecular formula is C14H18Br2N2O2. The highest BCUT2D eigenvalue weighted by Crippen LogP contribution is 2.33. The van der Waals surface area contributed by atoms with Gasteiger partial charge in [-0.05, 0) is 48.5 Å². The van der Waals surface area contributed by atoms with E-state index in [1.54, 1.807) is 6.07 Å². The molecule has 1 saturated heterocycles. The van der Waals surface area contributed by atoms with Gasteiger partial charge in [-0.3, -0.25) is 0 Å². The SMILES string of the molecule is COC(=O)c1cc(Br)cc(Br)c1NC1CC(C)N(C)C1. The highest BCUT2D eigenvalue weighted by molar-refractivity contribution is 9.11. The Bertz CT molecular complexity index is 512. The molecule has 2 unspecified atom stereocenters. The van der Waals surface area contributed by atoms with Crippen molar-refractivity contribution in [3.63, 3.8) is 0 Å². The van der Waals surface area contributed by atoms with Gasteiger partial charge in [0.15, 0.2) is 0 Å². The van der Waals surface area contributed by atoms with E-state index in [1.807, 2.05) is 6.07 Å². The van der Waals surface area contributed by atoms with Crippen LogP contribution in [0.25, 0.3) is 0 Å². The molecule has 20 heavy (non-hydrogen) atoms. The first-order valence-corrected chi connectivity index (χ1v) is 8.05. The summed E-state index contributed by atoms with van der Waals surface area (Å²) in [4.78, 5) is 14.2. The average Bonchev–Trinajstić information content (AvgIpc) is 2.70. The lowest BCUT2D eigenvalue weighted by Crippen LogP contribution is -2.25. The number of esters is 1. The Morgan fingerprint density at radius 2 is 2.15 bits per heavy atom. The normalized spacial score (nSPS) is 22.9. The van der Waals surface area contributed by atoms with E-state index < -0.39 is 0 Å². The van der Waals surface area contributed by atoms with Gasteiger partial charge in [0.05, 0.1) is 18.4 Å². The quantitative estimate of drug-likeness (QED) is 0.781. The highest BCUT2D eigenvalue weighted by atomic mass is 79.9. The summed E-state index contributed by atoms with van der Waals surface area (Å²) in [5.74, 6) is -0.339. The van der Waals surface area contributed by atoms with Crippen molar-refractivity contribution >= 4 is 43.5 Å². The lowest BCUT2D eigenvalue weighted by molar-refractivity contribution is 0.0601. The van der Waals surface area contributed by atoms with E-state index in [9.17, 15) is 4.79 Å². The Labute approximate surface area is 136 Å². The summed E-state index contributed by atoms with van der Waals surface area (Å²) in [6.45, 7) is 3.17. The zero-order valence-corrected chi connectivity index (χ0v) is 14.9. The van der Waals surface area contributed by atoms with Crippen LogP contribution in [0.4, 0.5) is 5.69 Å². The minimum atomic E-state index is -0.339. The van der Waals surface area contributed by atoms with Crippen LogP contribution < -0.4 is 5.32 Å². The first-order valence-electron chi connectivity index (χ1n) is 6.46. The summed E-state index contributed by atoms with van der Waals surface area (Å²) >= 11 is 6.92. The van der Waals surface area contributed by atoms with E-state index in [-0.39, 0.29) is 5.97 Å². The standard InChI is InChI=1S/C14H18Br2N2O2/c1-8-4-10(7-18(8)2)17-13-11(14(19)20-3)5-9(15)6-12(13)16/h5-6,8,10,17H,4,7H2,1-3H3. The van der Waals surface area contributed by atoms with Crippen LogP contribution in [-0.4, -0.2) is 43.7 Å². The molecule has 0 saturated carbocycles. The number of likely N-dealkylation sites (tertiary alicyclic amines) is 1. The molecule has 1 aliphatic rings. The number of rotatable bonds is 3. The minimum absolute atomic E-state index is 0.330. The fraction of sp³-hybridized carbons (Fsp3) is 0.500. The average molecular weight is 406 g/mol. The van der Waals surface area contributed by atoms with E-state index in [0.717, 1.165) is 27.6 Å². The van der Waals surface area contributed by atoms with Crippen molar-refractivity contribution < 1.29 is 9.53 Å². The monoisotopic (exact) mass is 404 g/mol. The molecule has 0 spiro atoms. The lowest BCUT2D eigenvalue weighted by Gasteiger charge is -2.18. The third-order valence-electron chi connectivity index (χ3n) is 3.70. The molecule has 4 nitrogen and oxygen atoms in total. The van der Waals surface area contributed by atoms with Gasteiger partial charge in [-0.1, -0.05) is 15.9 Å². The summed E-state index contributed by atoms with van der Waals surface area (Å²) in [7, 11) is 3.51. The molecule has 1 aliphatic heterocycles. The molecule has 0 aliphatic carbocycles. The molecule has 0 bridgehead atoms. The van der Waals surface area contributed by atoms with Gasteiger partial charge in [0, 0.05) is 27.6 Å². The van der Waals surface area contributed by atoms with Crippen molar-refractivity contribution in [2.75, 3.05) is 26.0 Å². The number of nitrogens with zero attached hydrogens (tertiary/aromatic N) is 1. The second kappa shape index (κ2) is 6.45. The van der Waals surface area contributed by atoms with E-state index in [2.05, 4.69) is 56.0 Å². The van der Waals surface area contributed by atoms with Crippen LogP contribution >= 0.6 is 31.9 Å². The zero-order valence-electron chi connectivity index (χ0n) is 11.7. The van der Waals surface area contributed by atoms with Gasteiger partial charge in [0.25, 0.3) is 0 Å². The first kappa shape index (κ1) is 15.8. The molecule has 110 valence electrons. The van der Waals surface area contributed by atoms with Crippen molar-refractivity contribution in [2.45, 2.75) is 25.4 Å². The topological polar surface area (TPSA) is 41.6 Å². The molecule has 1 heterocycles. The summed E-state index contributed by atoms with van der Waals surface area (Å²) in [5, 5.41) is 3.47. The van der Waals surface area contributed by atoms with E-state index in [1.165, 1.54) is 7.11 Å². The predicted octanol–water partition coefficient (Wildman–Crippen LogP) is 3.50. The van der Waals surface area contributed by atoms with Gasteiger partial charge in [-0.25, -0.2) is 4.79 Å². The van der Waals surface area contributed by atoms with Crippen molar-refractivity contribution in [3.8, 4) is 0 Å². The maximum atomic E-state index is 11.9. The Hall–Kier alpha value is -0.590. The van der Waals surface area contributed by atoms with Gasteiger partial charge < -0.3 is 15.0 Å². The molecule has 1 aromatic carbocycles. The van der Waals surface area contributed by atoms with Gasteiger partial charge in [-0.2, -0.15) is 0 Å². The fourth-order valence-corrected chi connectivity index (χ4v) is 3.83. The second-order valence-corrected chi connectivity index (χ2v) is 6.94. The Morgan fingerprint density at radius 3 is 2.70 bits per heavy atom. The number of carbonyl (C=O) groups is 1. The Balaban J connectivity index is 2.29. The van der Waals surface area contributed by atoms with Crippen LogP contribution in [0, 0.1) is 0 Å². The van der Waals surface area contributed by atoms with Crippen LogP contribution in [-0.2, 0) is 4.74 Å². The molecule has 0 radical (unpaired) electrons. The smallest absolute Gasteiger partial charge is 0.340 e. The Kier molecular flexibility index (Phi) is 5.09. The molecule has 0 amide bonds. The summed E-state index contributed by atoms with van der Waals surface area (Å²) in [5.41, 5.74) is 1.34. The Morgan fingerprint density at radius 1 is 1.45 bits per heavy atom. The number of halogens is 2. The van der Waals surface area contributed by atoms with E-state index in [4.69, 9.17) is 4.74 Å². The summed E-state index contributed by atoms with van der Waals surface area (Å²) in [6, 6.07) is 4.58. The molecule has 1 N–H and O–H groups in total. The largest absolute Gasteiger partial charge is 0.465 e. The number of hydrogen-bond donors (Lipinski definition) is 1. The van der Waals surface area contributed by atoms with Crippen LogP contribution in [0.15, 0.2) is 21.1 Å². The minimum Gasteiger partial charge on any atom is -0.465 e. The van der Waals surface area contributed by atoms with Gasteiger partial charge in [-0.15, -0.1) is 0 Å². The van der Waals surface area contributed by atoms with Crippen molar-refractivity contribution in [2.24, 2.45) is 0 Å². The maximum absolute atomic E-state index is 11.9. The van der Waals surface area contributed by atoms with Crippen molar-refractivity contribution in [1.82, 2.24) is 4.90 Å². The van der Waals surface area contributed by atoms with Gasteiger partial charge in [0.2, 0.25) is 0 Å². The number of anilines is 1. The molecule has 1 aromatic rings. The molecule has 1 fully saturated rings. The van der Waals surface area contributed by atoms with E-state index in [0.29, 0.717) is 17.6 Å². The number of hydrogen-bond acceptors (Lipinski definition) is 4. The lowest BCUT2D eigenvalue weighted by atomic mass is 10.1. The number of nitrogens with one attached hydrogen (secondary N) is 1. The van der Waals surface area contributed by atoms with Crippen LogP contribution in [0.2, 0.25) is 0 Å². The van der Waals surface area contributed by atoms with Crippen molar-refractivity contribution in [3.05, 3.63) is 26.6 Å². The van der Waals surface area contributed by atoms with Crippen LogP contribution in [0.5, 0.6) is 0 Å². The van der Waals surface area contributed by atoms with Crippen molar-refractivity contribution in [1.29, 1.82) is 0 Å². The molecule has 6 heteroatoms. The number of carbonyl (C=O) groups excluding carboxylic acids is 1. The zero-order chi connectivity index (χ0) is 14.9. The highest BCUT2D eigenvalue weighted by Gasteiger charge is 2.28. The second-order valence-electron chi connectivity index (χ2n) is 5.17. The first-order chi connectivity index (χ1) is 9.42. The van der Waals surface area contributed by atoms with E-state index >= 15 is 0 Å². The number of ether oxygens (including phenoxy) is 1. The number of methoxy groups -OCH3 is 1. The number of likely N-dealkylation sites (N-methyl/N-ethyl adjacent to an activating group) is 1.